The quantitative estimate of drug-likeness (QED) is 0.724. The standard InChI is InChI=1S/C13H18N4O3S/c1-11-12(10-18)4-2-5-13(11)21(19,20)15-6-3-8-17-9-7-14-16-17/h2,4-5,7,9,15,18H,3,6,8,10H2,1H3. The van der Waals surface area contributed by atoms with Gasteiger partial charge in [-0.05, 0) is 30.5 Å². The maximum atomic E-state index is 12.3. The van der Waals surface area contributed by atoms with Crippen LogP contribution in [0.15, 0.2) is 35.5 Å². The molecule has 8 heteroatoms. The number of sulfonamides is 1. The van der Waals surface area contributed by atoms with Gasteiger partial charge in [0.2, 0.25) is 10.0 Å². The highest BCUT2D eigenvalue weighted by Gasteiger charge is 2.17. The molecule has 0 aliphatic heterocycles. The van der Waals surface area contributed by atoms with E-state index >= 15 is 0 Å². The van der Waals surface area contributed by atoms with Crippen molar-refractivity contribution >= 4 is 10.0 Å². The van der Waals surface area contributed by atoms with Crippen molar-refractivity contribution in [1.29, 1.82) is 0 Å². The summed E-state index contributed by atoms with van der Waals surface area (Å²) in [5, 5.41) is 16.7. The third-order valence-electron chi connectivity index (χ3n) is 3.18. The molecule has 0 atom stereocenters. The van der Waals surface area contributed by atoms with Crippen LogP contribution < -0.4 is 4.72 Å². The van der Waals surface area contributed by atoms with Crippen LogP contribution >= 0.6 is 0 Å². The Bertz CT molecular complexity index is 683. The molecule has 2 aromatic rings. The highest BCUT2D eigenvalue weighted by molar-refractivity contribution is 7.89. The Balaban J connectivity index is 1.98. The first kappa shape index (κ1) is 15.6. The molecule has 2 N–H and O–H groups in total. The summed E-state index contributed by atoms with van der Waals surface area (Å²) in [6.45, 7) is 2.42. The number of benzene rings is 1. The molecule has 0 aliphatic rings. The van der Waals surface area contributed by atoms with E-state index in [2.05, 4.69) is 15.0 Å². The molecular formula is C13H18N4O3S. The van der Waals surface area contributed by atoms with Crippen LogP contribution in [0.5, 0.6) is 0 Å². The molecule has 0 fully saturated rings. The zero-order chi connectivity index (χ0) is 15.3. The second kappa shape index (κ2) is 6.79. The van der Waals surface area contributed by atoms with E-state index in [4.69, 9.17) is 0 Å². The molecule has 0 unspecified atom stereocenters. The van der Waals surface area contributed by atoms with Crippen LogP contribution in [0.2, 0.25) is 0 Å². The number of hydrogen-bond donors (Lipinski definition) is 2. The molecule has 114 valence electrons. The average Bonchev–Trinajstić information content (AvgIpc) is 2.97. The molecule has 0 saturated heterocycles. The predicted octanol–water partition coefficient (Wildman–Crippen LogP) is 0.447. The zero-order valence-electron chi connectivity index (χ0n) is 11.7. The van der Waals surface area contributed by atoms with Crippen molar-refractivity contribution in [2.24, 2.45) is 0 Å². The van der Waals surface area contributed by atoms with E-state index in [0.717, 1.165) is 0 Å². The van der Waals surface area contributed by atoms with Crippen LogP contribution in [0.25, 0.3) is 0 Å². The lowest BCUT2D eigenvalue weighted by molar-refractivity contribution is 0.280. The number of aliphatic hydroxyl groups excluding tert-OH is 1. The lowest BCUT2D eigenvalue weighted by Crippen LogP contribution is -2.26. The third kappa shape index (κ3) is 3.87. The van der Waals surface area contributed by atoms with E-state index in [1.165, 1.54) is 6.07 Å². The fourth-order valence-electron chi connectivity index (χ4n) is 2.00. The second-order valence-corrected chi connectivity index (χ2v) is 6.35. The smallest absolute Gasteiger partial charge is 0.240 e. The first-order valence-corrected chi connectivity index (χ1v) is 8.06. The van der Waals surface area contributed by atoms with Crippen LogP contribution in [-0.4, -0.2) is 35.1 Å². The van der Waals surface area contributed by atoms with Gasteiger partial charge >= 0.3 is 0 Å². The van der Waals surface area contributed by atoms with Gasteiger partial charge in [-0.1, -0.05) is 17.3 Å². The minimum Gasteiger partial charge on any atom is -0.392 e. The lowest BCUT2D eigenvalue weighted by Gasteiger charge is -2.11. The van der Waals surface area contributed by atoms with Gasteiger partial charge in [-0.15, -0.1) is 5.10 Å². The normalized spacial score (nSPS) is 11.7. The molecule has 0 spiro atoms. The number of aliphatic hydroxyl groups is 1. The number of nitrogens with zero attached hydrogens (tertiary/aromatic N) is 3. The molecule has 0 radical (unpaired) electrons. The molecule has 0 aliphatic carbocycles. The molecule has 21 heavy (non-hydrogen) atoms. The van der Waals surface area contributed by atoms with Gasteiger partial charge in [0.05, 0.1) is 17.7 Å². The summed E-state index contributed by atoms with van der Waals surface area (Å²) in [7, 11) is -3.57. The van der Waals surface area contributed by atoms with Crippen molar-refractivity contribution in [1.82, 2.24) is 19.7 Å². The summed E-state index contributed by atoms with van der Waals surface area (Å²) in [5.74, 6) is 0. The monoisotopic (exact) mass is 310 g/mol. The summed E-state index contributed by atoms with van der Waals surface area (Å²) in [6, 6.07) is 4.87. The first-order chi connectivity index (χ1) is 10.0. The number of aromatic nitrogens is 3. The minimum atomic E-state index is -3.57. The second-order valence-electron chi connectivity index (χ2n) is 4.62. The zero-order valence-corrected chi connectivity index (χ0v) is 12.5. The fourth-order valence-corrected chi connectivity index (χ4v) is 3.36. The van der Waals surface area contributed by atoms with Gasteiger partial charge in [-0.2, -0.15) is 0 Å². The largest absolute Gasteiger partial charge is 0.392 e. The van der Waals surface area contributed by atoms with Crippen LogP contribution in [0, 0.1) is 6.92 Å². The number of rotatable bonds is 7. The van der Waals surface area contributed by atoms with E-state index in [1.54, 1.807) is 36.1 Å². The van der Waals surface area contributed by atoms with Gasteiger partial charge in [0.1, 0.15) is 0 Å². The minimum absolute atomic E-state index is 0.179. The van der Waals surface area contributed by atoms with E-state index in [1.807, 2.05) is 0 Å². The summed E-state index contributed by atoms with van der Waals surface area (Å²) < 4.78 is 28.7. The van der Waals surface area contributed by atoms with Gasteiger partial charge in [0.15, 0.2) is 0 Å². The Morgan fingerprint density at radius 3 is 2.86 bits per heavy atom. The molecule has 0 bridgehead atoms. The Hall–Kier alpha value is -1.77. The van der Waals surface area contributed by atoms with Crippen molar-refractivity contribution in [3.63, 3.8) is 0 Å². The molecule has 1 aromatic carbocycles. The molecule has 7 nitrogen and oxygen atoms in total. The highest BCUT2D eigenvalue weighted by atomic mass is 32.2. The van der Waals surface area contributed by atoms with E-state index in [9.17, 15) is 13.5 Å². The Kier molecular flexibility index (Phi) is 5.05. The molecule has 2 rings (SSSR count). The average molecular weight is 310 g/mol. The van der Waals surface area contributed by atoms with Crippen molar-refractivity contribution in [3.05, 3.63) is 41.7 Å². The summed E-state index contributed by atoms with van der Waals surface area (Å²) in [4.78, 5) is 0.204. The lowest BCUT2D eigenvalue weighted by atomic mass is 10.1. The van der Waals surface area contributed by atoms with Gasteiger partial charge in [-0.3, -0.25) is 4.68 Å². The van der Waals surface area contributed by atoms with Gasteiger partial charge in [-0.25, -0.2) is 13.1 Å². The first-order valence-electron chi connectivity index (χ1n) is 6.57. The van der Waals surface area contributed by atoms with Crippen LogP contribution in [0.1, 0.15) is 17.5 Å². The number of aryl methyl sites for hydroxylation is 1. The molecule has 1 aromatic heterocycles. The summed E-state index contributed by atoms with van der Waals surface area (Å²) in [6.07, 6.45) is 3.92. The Morgan fingerprint density at radius 1 is 1.38 bits per heavy atom. The van der Waals surface area contributed by atoms with E-state index in [0.29, 0.717) is 30.6 Å². The maximum absolute atomic E-state index is 12.3. The maximum Gasteiger partial charge on any atom is 0.240 e. The highest BCUT2D eigenvalue weighted by Crippen LogP contribution is 2.18. The summed E-state index contributed by atoms with van der Waals surface area (Å²) >= 11 is 0. The van der Waals surface area contributed by atoms with Gasteiger partial charge in [0.25, 0.3) is 0 Å². The van der Waals surface area contributed by atoms with Crippen LogP contribution in [-0.2, 0) is 23.2 Å². The molecule has 1 heterocycles. The van der Waals surface area contributed by atoms with Crippen molar-refractivity contribution < 1.29 is 13.5 Å². The summed E-state index contributed by atoms with van der Waals surface area (Å²) in [5.41, 5.74) is 1.18. The molecule has 0 amide bonds. The molecule has 0 saturated carbocycles. The Labute approximate surface area is 123 Å². The molecular weight excluding hydrogens is 292 g/mol. The predicted molar refractivity (Wildman–Crippen MR) is 76.9 cm³/mol. The van der Waals surface area contributed by atoms with Gasteiger partial charge < -0.3 is 5.11 Å². The van der Waals surface area contributed by atoms with Crippen LogP contribution in [0.3, 0.4) is 0 Å². The topological polar surface area (TPSA) is 97.1 Å². The number of nitrogens with one attached hydrogen (secondary N) is 1. The van der Waals surface area contributed by atoms with Crippen molar-refractivity contribution in [2.45, 2.75) is 31.4 Å². The fraction of sp³-hybridized carbons (Fsp3) is 0.385. The van der Waals surface area contributed by atoms with E-state index in [-0.39, 0.29) is 11.5 Å². The van der Waals surface area contributed by atoms with E-state index < -0.39 is 10.0 Å². The van der Waals surface area contributed by atoms with Crippen molar-refractivity contribution in [2.75, 3.05) is 6.54 Å². The SMILES string of the molecule is Cc1c(CO)cccc1S(=O)(=O)NCCCn1ccnn1. The van der Waals surface area contributed by atoms with Crippen LogP contribution in [0.4, 0.5) is 0 Å². The van der Waals surface area contributed by atoms with Gasteiger partial charge in [0, 0.05) is 19.3 Å². The third-order valence-corrected chi connectivity index (χ3v) is 4.79. The number of hydrogen-bond acceptors (Lipinski definition) is 5. The van der Waals surface area contributed by atoms with Crippen molar-refractivity contribution in [3.8, 4) is 0 Å². The Morgan fingerprint density at radius 2 is 2.19 bits per heavy atom.